The first kappa shape index (κ1) is 24.0. The summed E-state index contributed by atoms with van der Waals surface area (Å²) >= 11 is 1.53. The first-order chi connectivity index (χ1) is 15.6. The van der Waals surface area contributed by atoms with Crippen LogP contribution >= 0.6 is 11.3 Å². The van der Waals surface area contributed by atoms with Crippen molar-refractivity contribution in [2.45, 2.75) is 70.1 Å². The van der Waals surface area contributed by atoms with Gasteiger partial charge in [0.05, 0.1) is 33.6 Å². The van der Waals surface area contributed by atoms with Crippen molar-refractivity contribution >= 4 is 28.1 Å². The third-order valence-corrected chi connectivity index (χ3v) is 9.05. The van der Waals surface area contributed by atoms with E-state index >= 15 is 0 Å². The van der Waals surface area contributed by atoms with Gasteiger partial charge in [-0.25, -0.2) is 13.9 Å². The van der Waals surface area contributed by atoms with Crippen molar-refractivity contribution in [3.05, 3.63) is 86.9 Å². The lowest BCUT2D eigenvalue weighted by Gasteiger charge is -2.23. The van der Waals surface area contributed by atoms with Crippen LogP contribution in [0, 0.1) is 13.8 Å². The standard InChI is InChI=1S/C27H32N2O2S2/c1-18-11-12-21(15-19(18)2)27(13-14-27)23(30)16-24-28-17-22(32-24)25(20-9-7-6-8-10-20)29-33(31)26(3,4)5/h6-12,15,17,25,29H,13-14,16H2,1-5H3/t25-,33-/m0/s1. The van der Waals surface area contributed by atoms with Crippen molar-refractivity contribution in [2.75, 3.05) is 0 Å². The summed E-state index contributed by atoms with van der Waals surface area (Å²) in [4.78, 5) is 18.9. The second-order valence-electron chi connectivity index (χ2n) is 9.98. The Hall–Kier alpha value is -2.15. The molecular weight excluding hydrogens is 448 g/mol. The van der Waals surface area contributed by atoms with Crippen molar-refractivity contribution in [1.82, 2.24) is 9.71 Å². The molecule has 1 fully saturated rings. The number of carbonyl (C=O) groups is 1. The van der Waals surface area contributed by atoms with Gasteiger partial charge in [-0.05, 0) is 69.7 Å². The number of rotatable bonds is 8. The van der Waals surface area contributed by atoms with E-state index in [1.807, 2.05) is 57.3 Å². The molecule has 0 radical (unpaired) electrons. The number of hydrogen-bond acceptors (Lipinski definition) is 4. The number of nitrogens with zero attached hydrogens (tertiary/aromatic N) is 1. The van der Waals surface area contributed by atoms with Gasteiger partial charge >= 0.3 is 0 Å². The second kappa shape index (κ2) is 9.24. The fourth-order valence-electron chi connectivity index (χ4n) is 3.96. The lowest BCUT2D eigenvalue weighted by molar-refractivity contribution is -0.120. The molecule has 1 aliphatic carbocycles. The van der Waals surface area contributed by atoms with Gasteiger partial charge in [0, 0.05) is 11.1 Å². The third kappa shape index (κ3) is 5.18. The van der Waals surface area contributed by atoms with Gasteiger partial charge in [-0.1, -0.05) is 48.5 Å². The molecule has 4 rings (SSSR count). The zero-order valence-electron chi connectivity index (χ0n) is 20.0. The van der Waals surface area contributed by atoms with Crippen LogP contribution in [-0.2, 0) is 27.6 Å². The van der Waals surface area contributed by atoms with Crippen LogP contribution in [0.25, 0.3) is 0 Å². The van der Waals surface area contributed by atoms with Crippen molar-refractivity contribution in [3.63, 3.8) is 0 Å². The molecule has 2 aromatic carbocycles. The van der Waals surface area contributed by atoms with Gasteiger partial charge in [0.25, 0.3) is 0 Å². The number of ketones is 1. The van der Waals surface area contributed by atoms with Gasteiger partial charge in [-0.2, -0.15) is 0 Å². The van der Waals surface area contributed by atoms with Crippen molar-refractivity contribution in [1.29, 1.82) is 0 Å². The number of nitrogens with one attached hydrogen (secondary N) is 1. The average molecular weight is 481 g/mol. The van der Waals surface area contributed by atoms with Gasteiger partial charge < -0.3 is 0 Å². The number of aromatic nitrogens is 1. The lowest BCUT2D eigenvalue weighted by atomic mass is 9.88. The topological polar surface area (TPSA) is 59.1 Å². The summed E-state index contributed by atoms with van der Waals surface area (Å²) in [6.07, 6.45) is 3.98. The highest BCUT2D eigenvalue weighted by Crippen LogP contribution is 2.50. The summed E-state index contributed by atoms with van der Waals surface area (Å²) in [7, 11) is -1.24. The summed E-state index contributed by atoms with van der Waals surface area (Å²) in [6.45, 7) is 10.1. The Morgan fingerprint density at radius 2 is 1.82 bits per heavy atom. The largest absolute Gasteiger partial charge is 0.298 e. The molecule has 4 nitrogen and oxygen atoms in total. The van der Waals surface area contributed by atoms with Gasteiger partial charge in [0.2, 0.25) is 0 Å². The molecule has 1 aromatic heterocycles. The van der Waals surface area contributed by atoms with Crippen LogP contribution in [0.5, 0.6) is 0 Å². The number of Topliss-reactive ketones (excluding diaryl/α,β-unsaturated/α-hetero) is 1. The molecule has 0 unspecified atom stereocenters. The van der Waals surface area contributed by atoms with E-state index in [9.17, 15) is 9.00 Å². The van der Waals surface area contributed by atoms with Crippen LogP contribution in [0.2, 0.25) is 0 Å². The summed E-state index contributed by atoms with van der Waals surface area (Å²) in [5.41, 5.74) is 4.29. The van der Waals surface area contributed by atoms with E-state index < -0.39 is 11.0 Å². The van der Waals surface area contributed by atoms with Crippen LogP contribution in [0.1, 0.15) is 71.8 Å². The Labute approximate surface area is 203 Å². The summed E-state index contributed by atoms with van der Waals surface area (Å²) in [5, 5.41) is 0.814. The Balaban J connectivity index is 1.56. The third-order valence-electron chi connectivity index (χ3n) is 6.42. The Morgan fingerprint density at radius 1 is 1.12 bits per heavy atom. The van der Waals surface area contributed by atoms with Gasteiger partial charge in [0.1, 0.15) is 10.8 Å². The maximum absolute atomic E-state index is 13.4. The quantitative estimate of drug-likeness (QED) is 0.447. The number of carbonyl (C=O) groups excluding carboxylic acids is 1. The first-order valence-electron chi connectivity index (χ1n) is 11.4. The molecule has 2 atom stereocenters. The van der Waals surface area contributed by atoms with E-state index in [2.05, 4.69) is 41.8 Å². The molecule has 33 heavy (non-hydrogen) atoms. The maximum Gasteiger partial charge on any atom is 0.150 e. The molecule has 6 heteroatoms. The van der Waals surface area contributed by atoms with Crippen LogP contribution < -0.4 is 4.72 Å². The molecule has 1 N–H and O–H groups in total. The molecule has 0 bridgehead atoms. The van der Waals surface area contributed by atoms with E-state index in [0.29, 0.717) is 6.42 Å². The highest BCUT2D eigenvalue weighted by Gasteiger charge is 2.50. The van der Waals surface area contributed by atoms with Gasteiger partial charge in [-0.3, -0.25) is 4.79 Å². The zero-order chi connectivity index (χ0) is 23.8. The predicted molar refractivity (Wildman–Crippen MR) is 137 cm³/mol. The fraction of sp³-hybridized carbons (Fsp3) is 0.407. The van der Waals surface area contributed by atoms with E-state index in [1.165, 1.54) is 22.5 Å². The molecule has 1 heterocycles. The van der Waals surface area contributed by atoms with E-state index in [1.54, 1.807) is 0 Å². The highest BCUT2D eigenvalue weighted by atomic mass is 32.2. The van der Waals surface area contributed by atoms with Crippen LogP contribution in [0.3, 0.4) is 0 Å². The summed E-state index contributed by atoms with van der Waals surface area (Å²) in [6, 6.07) is 16.2. The van der Waals surface area contributed by atoms with Gasteiger partial charge in [-0.15, -0.1) is 11.3 Å². The van der Waals surface area contributed by atoms with Crippen LogP contribution in [0.15, 0.2) is 54.7 Å². The number of hydrogen-bond donors (Lipinski definition) is 1. The smallest absolute Gasteiger partial charge is 0.150 e. The lowest BCUT2D eigenvalue weighted by Crippen LogP contribution is -2.35. The molecule has 1 aliphatic rings. The number of thiazole rings is 1. The Bertz CT molecular complexity index is 1170. The fourth-order valence-corrected chi connectivity index (χ4v) is 5.86. The minimum absolute atomic E-state index is 0.234. The van der Waals surface area contributed by atoms with E-state index in [-0.39, 0.29) is 22.0 Å². The maximum atomic E-state index is 13.4. The molecule has 174 valence electrons. The summed E-state index contributed by atoms with van der Waals surface area (Å²) < 4.78 is 15.8. The van der Waals surface area contributed by atoms with Crippen molar-refractivity contribution in [3.8, 4) is 0 Å². The zero-order valence-corrected chi connectivity index (χ0v) is 21.6. The Kier molecular flexibility index (Phi) is 6.72. The SMILES string of the molecule is Cc1ccc(C2(C(=O)Cc3ncc([C@@H](N[S@@](=O)C(C)(C)C)c4ccccc4)s3)CC2)cc1C. The number of benzene rings is 2. The predicted octanol–water partition coefficient (Wildman–Crippen LogP) is 5.74. The van der Waals surface area contributed by atoms with Crippen LogP contribution in [0.4, 0.5) is 0 Å². The summed E-state index contributed by atoms with van der Waals surface area (Å²) in [5.74, 6) is 0.245. The monoisotopic (exact) mass is 480 g/mol. The average Bonchev–Trinajstić information content (AvgIpc) is 3.47. The first-order valence-corrected chi connectivity index (χ1v) is 13.4. The molecule has 0 spiro atoms. The number of aryl methyl sites for hydroxylation is 2. The Morgan fingerprint density at radius 3 is 2.42 bits per heavy atom. The van der Waals surface area contributed by atoms with E-state index in [0.717, 1.165) is 33.9 Å². The molecule has 1 saturated carbocycles. The molecule has 3 aromatic rings. The molecule has 0 saturated heterocycles. The van der Waals surface area contributed by atoms with Gasteiger partial charge in [0.15, 0.2) is 0 Å². The minimum atomic E-state index is -1.24. The second-order valence-corrected chi connectivity index (χ2v) is 13.1. The van der Waals surface area contributed by atoms with Crippen molar-refractivity contribution < 1.29 is 9.00 Å². The molecule has 0 amide bonds. The normalized spacial score (nSPS) is 16.9. The van der Waals surface area contributed by atoms with Crippen LogP contribution in [-0.4, -0.2) is 19.7 Å². The molecule has 0 aliphatic heterocycles. The van der Waals surface area contributed by atoms with Crippen molar-refractivity contribution in [2.24, 2.45) is 0 Å². The minimum Gasteiger partial charge on any atom is -0.298 e. The molecular formula is C27H32N2O2S2. The highest BCUT2D eigenvalue weighted by molar-refractivity contribution is 7.84. The van der Waals surface area contributed by atoms with E-state index in [4.69, 9.17) is 0 Å².